The highest BCUT2D eigenvalue weighted by Gasteiger charge is 2.06. The van der Waals surface area contributed by atoms with Crippen LogP contribution in [0.3, 0.4) is 0 Å². The van der Waals surface area contributed by atoms with Gasteiger partial charge in [-0.2, -0.15) is 0 Å². The summed E-state index contributed by atoms with van der Waals surface area (Å²) in [6.45, 7) is 2.31. The minimum absolute atomic E-state index is 0.128. The number of hydrogen-bond acceptors (Lipinski definition) is 4. The van der Waals surface area contributed by atoms with Crippen molar-refractivity contribution in [1.29, 1.82) is 0 Å². The lowest BCUT2D eigenvalue weighted by Crippen LogP contribution is -2.23. The van der Waals surface area contributed by atoms with E-state index in [1.54, 1.807) is 12.1 Å². The summed E-state index contributed by atoms with van der Waals surface area (Å²) in [5.74, 6) is -1.34. The predicted octanol–water partition coefficient (Wildman–Crippen LogP) is 1.35. The fourth-order valence-electron chi connectivity index (χ4n) is 1.61. The number of carbonyl (C=O) groups excluding carboxylic acids is 2. The second-order valence-electron chi connectivity index (χ2n) is 4.11. The maximum atomic E-state index is 11.8. The molecule has 0 saturated heterocycles. The van der Waals surface area contributed by atoms with Crippen LogP contribution in [-0.2, 0) is 6.54 Å². The Morgan fingerprint density at radius 1 is 1.21 bits per heavy atom. The van der Waals surface area contributed by atoms with Crippen molar-refractivity contribution >= 4 is 23.2 Å². The van der Waals surface area contributed by atoms with E-state index in [1.165, 1.54) is 23.5 Å². The van der Waals surface area contributed by atoms with E-state index < -0.39 is 5.97 Å². The fourth-order valence-corrected chi connectivity index (χ4v) is 2.29. The Morgan fingerprint density at radius 3 is 2.42 bits per heavy atom. The standard InChI is InChI=1S/C14H13NO3S/c1-9-6-12(8-19-9)13(16)15-7-10-2-4-11(5-3-10)14(17)18/h2-6,8H,7H2,1H3,(H,15,16)(H,17,18)/p-1. The van der Waals surface area contributed by atoms with Gasteiger partial charge in [0.05, 0.1) is 11.5 Å². The Bertz CT molecular complexity index is 601. The molecule has 4 nitrogen and oxygen atoms in total. The first-order valence-electron chi connectivity index (χ1n) is 5.70. The van der Waals surface area contributed by atoms with Gasteiger partial charge in [-0.05, 0) is 24.1 Å². The largest absolute Gasteiger partial charge is 0.545 e. The molecule has 0 saturated carbocycles. The summed E-state index contributed by atoms with van der Waals surface area (Å²) in [6, 6.07) is 8.07. The lowest BCUT2D eigenvalue weighted by atomic mass is 10.1. The molecule has 0 aliphatic rings. The van der Waals surface area contributed by atoms with Crippen LogP contribution in [0.15, 0.2) is 35.7 Å². The fraction of sp³-hybridized carbons (Fsp3) is 0.143. The van der Waals surface area contributed by atoms with Crippen molar-refractivity contribution < 1.29 is 14.7 Å². The van der Waals surface area contributed by atoms with Gasteiger partial charge in [-0.3, -0.25) is 4.79 Å². The van der Waals surface area contributed by atoms with Gasteiger partial charge in [0.1, 0.15) is 0 Å². The van der Waals surface area contributed by atoms with E-state index in [-0.39, 0.29) is 11.5 Å². The van der Waals surface area contributed by atoms with E-state index in [2.05, 4.69) is 5.32 Å². The molecule has 98 valence electrons. The van der Waals surface area contributed by atoms with E-state index in [0.29, 0.717) is 12.1 Å². The number of thiophene rings is 1. The topological polar surface area (TPSA) is 69.2 Å². The monoisotopic (exact) mass is 274 g/mol. The normalized spacial score (nSPS) is 10.2. The molecule has 0 atom stereocenters. The number of amides is 1. The first kappa shape index (κ1) is 13.3. The maximum absolute atomic E-state index is 11.8. The van der Waals surface area contributed by atoms with E-state index in [9.17, 15) is 14.7 Å². The Labute approximate surface area is 114 Å². The van der Waals surface area contributed by atoms with Gasteiger partial charge in [0, 0.05) is 16.8 Å². The predicted molar refractivity (Wildman–Crippen MR) is 71.0 cm³/mol. The Kier molecular flexibility index (Phi) is 3.97. The van der Waals surface area contributed by atoms with E-state index >= 15 is 0 Å². The summed E-state index contributed by atoms with van der Waals surface area (Å²) in [5.41, 5.74) is 1.61. The van der Waals surface area contributed by atoms with Gasteiger partial charge in [-0.25, -0.2) is 0 Å². The second kappa shape index (κ2) is 5.67. The number of benzene rings is 1. The van der Waals surface area contributed by atoms with Crippen molar-refractivity contribution in [2.24, 2.45) is 0 Å². The first-order valence-corrected chi connectivity index (χ1v) is 6.58. The molecule has 0 spiro atoms. The van der Waals surface area contributed by atoms with Gasteiger partial charge in [0.15, 0.2) is 0 Å². The van der Waals surface area contributed by atoms with Gasteiger partial charge in [-0.15, -0.1) is 11.3 Å². The third-order valence-corrected chi connectivity index (χ3v) is 3.50. The van der Waals surface area contributed by atoms with Crippen LogP contribution in [0, 0.1) is 6.92 Å². The molecular formula is C14H12NO3S-. The number of nitrogens with one attached hydrogen (secondary N) is 1. The van der Waals surface area contributed by atoms with Crippen molar-refractivity contribution in [2.75, 3.05) is 0 Å². The molecule has 0 aliphatic carbocycles. The molecule has 2 rings (SSSR count). The minimum Gasteiger partial charge on any atom is -0.545 e. The summed E-state index contributed by atoms with van der Waals surface area (Å²) in [4.78, 5) is 23.5. The van der Waals surface area contributed by atoms with Gasteiger partial charge in [-0.1, -0.05) is 24.3 Å². The molecule has 5 heteroatoms. The number of carboxylic acid groups (broad SMARTS) is 1. The van der Waals surface area contributed by atoms with E-state index in [4.69, 9.17) is 0 Å². The van der Waals surface area contributed by atoms with Crippen molar-refractivity contribution in [3.05, 3.63) is 57.3 Å². The van der Waals surface area contributed by atoms with Crippen LogP contribution in [0.5, 0.6) is 0 Å². The van der Waals surface area contributed by atoms with Crippen LogP contribution in [0.4, 0.5) is 0 Å². The maximum Gasteiger partial charge on any atom is 0.252 e. The molecule has 1 N–H and O–H groups in total. The quantitative estimate of drug-likeness (QED) is 0.915. The molecule has 2 aromatic rings. The number of aryl methyl sites for hydroxylation is 1. The smallest absolute Gasteiger partial charge is 0.252 e. The average Bonchev–Trinajstić information content (AvgIpc) is 2.83. The van der Waals surface area contributed by atoms with Crippen LogP contribution < -0.4 is 10.4 Å². The molecule has 0 radical (unpaired) electrons. The molecule has 0 unspecified atom stereocenters. The first-order chi connectivity index (χ1) is 9.06. The lowest BCUT2D eigenvalue weighted by Gasteiger charge is -2.06. The van der Waals surface area contributed by atoms with Crippen molar-refractivity contribution in [3.8, 4) is 0 Å². The van der Waals surface area contributed by atoms with Gasteiger partial charge < -0.3 is 15.2 Å². The molecule has 1 heterocycles. The highest BCUT2D eigenvalue weighted by Crippen LogP contribution is 2.13. The number of carbonyl (C=O) groups is 2. The highest BCUT2D eigenvalue weighted by atomic mass is 32.1. The zero-order valence-electron chi connectivity index (χ0n) is 10.3. The summed E-state index contributed by atoms with van der Waals surface area (Å²) in [5, 5.41) is 15.2. The summed E-state index contributed by atoms with van der Waals surface area (Å²) in [7, 11) is 0. The number of carboxylic acids is 1. The van der Waals surface area contributed by atoms with Gasteiger partial charge >= 0.3 is 0 Å². The highest BCUT2D eigenvalue weighted by molar-refractivity contribution is 7.10. The zero-order valence-corrected chi connectivity index (χ0v) is 11.1. The molecular weight excluding hydrogens is 262 g/mol. The zero-order chi connectivity index (χ0) is 13.8. The Hall–Kier alpha value is -2.14. The van der Waals surface area contributed by atoms with Crippen LogP contribution in [0.2, 0.25) is 0 Å². The SMILES string of the molecule is Cc1cc(C(=O)NCc2ccc(C(=O)[O-])cc2)cs1. The van der Waals surface area contributed by atoms with Crippen LogP contribution in [-0.4, -0.2) is 11.9 Å². The summed E-state index contributed by atoms with van der Waals surface area (Å²) in [6.07, 6.45) is 0. The molecule has 0 aliphatic heterocycles. The van der Waals surface area contributed by atoms with Crippen LogP contribution in [0.25, 0.3) is 0 Å². The van der Waals surface area contributed by atoms with Crippen LogP contribution >= 0.6 is 11.3 Å². The summed E-state index contributed by atoms with van der Waals surface area (Å²) >= 11 is 1.53. The van der Waals surface area contributed by atoms with Gasteiger partial charge in [0.25, 0.3) is 5.91 Å². The minimum atomic E-state index is -1.20. The van der Waals surface area contributed by atoms with E-state index in [1.807, 2.05) is 18.4 Å². The van der Waals surface area contributed by atoms with Crippen LogP contribution in [0.1, 0.15) is 31.2 Å². The summed E-state index contributed by atoms with van der Waals surface area (Å²) < 4.78 is 0. The molecule has 1 aromatic carbocycles. The number of hydrogen-bond donors (Lipinski definition) is 1. The lowest BCUT2D eigenvalue weighted by molar-refractivity contribution is -0.255. The average molecular weight is 274 g/mol. The number of aromatic carboxylic acids is 1. The van der Waals surface area contributed by atoms with Crippen molar-refractivity contribution in [2.45, 2.75) is 13.5 Å². The number of rotatable bonds is 4. The Morgan fingerprint density at radius 2 is 1.89 bits per heavy atom. The molecule has 0 fully saturated rings. The van der Waals surface area contributed by atoms with E-state index in [0.717, 1.165) is 10.4 Å². The molecule has 19 heavy (non-hydrogen) atoms. The Balaban J connectivity index is 1.95. The third-order valence-electron chi connectivity index (χ3n) is 2.64. The molecule has 0 bridgehead atoms. The third kappa shape index (κ3) is 3.42. The van der Waals surface area contributed by atoms with Crippen molar-refractivity contribution in [3.63, 3.8) is 0 Å². The molecule has 1 amide bonds. The van der Waals surface area contributed by atoms with Gasteiger partial charge in [0.2, 0.25) is 0 Å². The second-order valence-corrected chi connectivity index (χ2v) is 5.23. The van der Waals surface area contributed by atoms with Crippen molar-refractivity contribution in [1.82, 2.24) is 5.32 Å². The molecule has 1 aromatic heterocycles.